The molecule has 1 heterocycles. The molecule has 0 radical (unpaired) electrons. The Labute approximate surface area is 124 Å². The quantitative estimate of drug-likeness (QED) is 0.913. The highest BCUT2D eigenvalue weighted by molar-refractivity contribution is 6.42. The molecule has 0 aliphatic heterocycles. The number of amides is 1. The summed E-state index contributed by atoms with van der Waals surface area (Å²) in [5.74, 6) is -1.46. The van der Waals surface area contributed by atoms with Crippen molar-refractivity contribution in [1.29, 1.82) is 0 Å². The first-order valence-electron chi connectivity index (χ1n) is 5.54. The van der Waals surface area contributed by atoms with Crippen molar-refractivity contribution in [2.45, 2.75) is 0 Å². The first-order valence-corrected chi connectivity index (χ1v) is 6.30. The fourth-order valence-electron chi connectivity index (χ4n) is 1.69. The average Bonchev–Trinajstić information content (AvgIpc) is 2.73. The molecule has 1 aromatic carbocycles. The topological polar surface area (TPSA) is 71.3 Å². The van der Waals surface area contributed by atoms with E-state index in [1.807, 2.05) is 0 Å². The van der Waals surface area contributed by atoms with E-state index in [4.69, 9.17) is 28.3 Å². The number of hydrogen-bond donors (Lipinski definition) is 2. The summed E-state index contributed by atoms with van der Waals surface area (Å²) in [6.07, 6.45) is 1.51. The minimum absolute atomic E-state index is 0.0782. The molecular weight excluding hydrogens is 303 g/mol. The van der Waals surface area contributed by atoms with E-state index in [0.717, 1.165) is 0 Å². The van der Waals surface area contributed by atoms with Crippen molar-refractivity contribution in [1.82, 2.24) is 4.57 Å². The first-order chi connectivity index (χ1) is 9.38. The van der Waals surface area contributed by atoms with Gasteiger partial charge in [0, 0.05) is 18.8 Å². The van der Waals surface area contributed by atoms with Crippen molar-refractivity contribution in [3.05, 3.63) is 51.8 Å². The van der Waals surface area contributed by atoms with Crippen LogP contribution in [0.25, 0.3) is 0 Å². The van der Waals surface area contributed by atoms with Crippen LogP contribution in [0.5, 0.6) is 0 Å². The predicted molar refractivity (Wildman–Crippen MR) is 76.8 cm³/mol. The molecule has 2 N–H and O–H groups in total. The second kappa shape index (κ2) is 5.56. The van der Waals surface area contributed by atoms with Gasteiger partial charge < -0.3 is 15.0 Å². The number of carboxylic acid groups (broad SMARTS) is 1. The molecule has 0 spiro atoms. The standard InChI is InChI=1S/C13H10Cl2N2O3/c1-17-6-8(5-11(17)13(19)20)16-12(18)7-2-3-9(14)10(15)4-7/h2-6H,1H3,(H,16,18)(H,19,20). The van der Waals surface area contributed by atoms with Gasteiger partial charge in [-0.15, -0.1) is 0 Å². The van der Waals surface area contributed by atoms with Gasteiger partial charge in [-0.05, 0) is 24.3 Å². The highest BCUT2D eigenvalue weighted by Gasteiger charge is 2.13. The molecule has 0 unspecified atom stereocenters. The summed E-state index contributed by atoms with van der Waals surface area (Å²) in [4.78, 5) is 22.9. The molecule has 0 bridgehead atoms. The lowest BCUT2D eigenvalue weighted by molar-refractivity contribution is 0.0686. The molecule has 2 aromatic rings. The molecule has 0 fully saturated rings. The van der Waals surface area contributed by atoms with Gasteiger partial charge in [-0.25, -0.2) is 4.79 Å². The number of aromatic carboxylic acids is 1. The predicted octanol–water partition coefficient (Wildman–Crippen LogP) is 3.28. The highest BCUT2D eigenvalue weighted by atomic mass is 35.5. The zero-order valence-electron chi connectivity index (χ0n) is 10.4. The van der Waals surface area contributed by atoms with Crippen LogP contribution in [0, 0.1) is 0 Å². The maximum atomic E-state index is 12.0. The van der Waals surface area contributed by atoms with E-state index >= 15 is 0 Å². The number of rotatable bonds is 3. The molecule has 1 aromatic heterocycles. The Morgan fingerprint density at radius 3 is 2.45 bits per heavy atom. The van der Waals surface area contributed by atoms with Crippen molar-refractivity contribution in [3.63, 3.8) is 0 Å². The maximum absolute atomic E-state index is 12.0. The SMILES string of the molecule is Cn1cc(NC(=O)c2ccc(Cl)c(Cl)c2)cc1C(=O)O. The molecule has 0 saturated carbocycles. The number of halogens is 2. The van der Waals surface area contributed by atoms with E-state index in [2.05, 4.69) is 5.32 Å². The lowest BCUT2D eigenvalue weighted by atomic mass is 10.2. The molecule has 5 nitrogen and oxygen atoms in total. The smallest absolute Gasteiger partial charge is 0.352 e. The van der Waals surface area contributed by atoms with E-state index in [-0.39, 0.29) is 10.7 Å². The number of nitrogens with one attached hydrogen (secondary N) is 1. The van der Waals surface area contributed by atoms with Gasteiger partial charge >= 0.3 is 5.97 Å². The van der Waals surface area contributed by atoms with Crippen LogP contribution in [0.15, 0.2) is 30.5 Å². The first kappa shape index (κ1) is 14.4. The largest absolute Gasteiger partial charge is 0.477 e. The van der Waals surface area contributed by atoms with E-state index < -0.39 is 11.9 Å². The van der Waals surface area contributed by atoms with Crippen LogP contribution in [0.2, 0.25) is 10.0 Å². The lowest BCUT2D eigenvalue weighted by Gasteiger charge is -2.04. The third-order valence-corrected chi connectivity index (χ3v) is 3.40. The Morgan fingerprint density at radius 2 is 1.90 bits per heavy atom. The van der Waals surface area contributed by atoms with Crippen LogP contribution < -0.4 is 5.32 Å². The van der Waals surface area contributed by atoms with Gasteiger partial charge in [0.2, 0.25) is 0 Å². The van der Waals surface area contributed by atoms with Gasteiger partial charge in [0.1, 0.15) is 5.69 Å². The Morgan fingerprint density at radius 1 is 1.20 bits per heavy atom. The summed E-state index contributed by atoms with van der Waals surface area (Å²) in [5.41, 5.74) is 0.801. The van der Waals surface area contributed by atoms with Crippen LogP contribution in [0.1, 0.15) is 20.8 Å². The Kier molecular flexibility index (Phi) is 4.01. The Balaban J connectivity index is 2.21. The van der Waals surface area contributed by atoms with Crippen LogP contribution >= 0.6 is 23.2 Å². The van der Waals surface area contributed by atoms with Gasteiger partial charge in [0.25, 0.3) is 5.91 Å². The van der Waals surface area contributed by atoms with Crippen molar-refractivity contribution in [2.24, 2.45) is 7.05 Å². The van der Waals surface area contributed by atoms with Crippen LogP contribution in [0.4, 0.5) is 5.69 Å². The minimum Gasteiger partial charge on any atom is -0.477 e. The Bertz CT molecular complexity index is 695. The molecule has 20 heavy (non-hydrogen) atoms. The zero-order chi connectivity index (χ0) is 14.9. The monoisotopic (exact) mass is 312 g/mol. The van der Waals surface area contributed by atoms with Crippen LogP contribution in [0.3, 0.4) is 0 Å². The second-order valence-electron chi connectivity index (χ2n) is 4.11. The number of aromatic nitrogens is 1. The van der Waals surface area contributed by atoms with Gasteiger partial charge in [0.05, 0.1) is 15.7 Å². The number of nitrogens with zero attached hydrogens (tertiary/aromatic N) is 1. The number of anilines is 1. The molecule has 2 rings (SSSR count). The fourth-order valence-corrected chi connectivity index (χ4v) is 1.98. The average molecular weight is 313 g/mol. The summed E-state index contributed by atoms with van der Waals surface area (Å²) in [5, 5.41) is 12.2. The molecule has 0 aliphatic carbocycles. The third-order valence-electron chi connectivity index (χ3n) is 2.66. The van der Waals surface area contributed by atoms with Crippen LogP contribution in [-0.2, 0) is 7.05 Å². The number of carbonyl (C=O) groups excluding carboxylic acids is 1. The zero-order valence-corrected chi connectivity index (χ0v) is 11.9. The van der Waals surface area contributed by atoms with Crippen molar-refractivity contribution >= 4 is 40.8 Å². The van der Waals surface area contributed by atoms with E-state index in [1.54, 1.807) is 7.05 Å². The van der Waals surface area contributed by atoms with Gasteiger partial charge in [-0.1, -0.05) is 23.2 Å². The minimum atomic E-state index is -1.07. The Hall–Kier alpha value is -1.98. The van der Waals surface area contributed by atoms with Gasteiger partial charge in [0.15, 0.2) is 0 Å². The summed E-state index contributed by atoms with van der Waals surface area (Å²) in [7, 11) is 1.58. The molecule has 1 amide bonds. The van der Waals surface area contributed by atoms with Gasteiger partial charge in [-0.2, -0.15) is 0 Å². The van der Waals surface area contributed by atoms with Crippen molar-refractivity contribution in [2.75, 3.05) is 5.32 Å². The number of carboxylic acids is 1. The van der Waals surface area contributed by atoms with Crippen molar-refractivity contribution in [3.8, 4) is 0 Å². The van der Waals surface area contributed by atoms with Crippen molar-refractivity contribution < 1.29 is 14.7 Å². The third kappa shape index (κ3) is 2.95. The molecule has 0 saturated heterocycles. The molecular formula is C13H10Cl2N2O3. The second-order valence-corrected chi connectivity index (χ2v) is 4.93. The highest BCUT2D eigenvalue weighted by Crippen LogP contribution is 2.23. The van der Waals surface area contributed by atoms with Gasteiger partial charge in [-0.3, -0.25) is 4.79 Å². The van der Waals surface area contributed by atoms with E-state index in [1.165, 1.54) is 35.0 Å². The molecule has 0 atom stereocenters. The summed E-state index contributed by atoms with van der Waals surface area (Å²) < 4.78 is 1.41. The summed E-state index contributed by atoms with van der Waals surface area (Å²) in [6, 6.07) is 5.87. The van der Waals surface area contributed by atoms with E-state index in [0.29, 0.717) is 16.3 Å². The number of hydrogen-bond acceptors (Lipinski definition) is 2. The lowest BCUT2D eigenvalue weighted by Crippen LogP contribution is -2.11. The molecule has 104 valence electrons. The van der Waals surface area contributed by atoms with E-state index in [9.17, 15) is 9.59 Å². The number of aryl methyl sites for hydroxylation is 1. The summed E-state index contributed by atoms with van der Waals surface area (Å²) >= 11 is 11.6. The maximum Gasteiger partial charge on any atom is 0.352 e. The number of carbonyl (C=O) groups is 2. The molecule has 7 heteroatoms. The number of benzene rings is 1. The molecule has 0 aliphatic rings. The van der Waals surface area contributed by atoms with Crippen LogP contribution in [-0.4, -0.2) is 21.6 Å². The fraction of sp³-hybridized carbons (Fsp3) is 0.0769. The normalized spacial score (nSPS) is 10.3. The summed E-state index contributed by atoms with van der Waals surface area (Å²) in [6.45, 7) is 0.